The van der Waals surface area contributed by atoms with E-state index in [1.165, 1.54) is 19.3 Å². The van der Waals surface area contributed by atoms with E-state index in [-0.39, 0.29) is 12.2 Å². The quantitative estimate of drug-likeness (QED) is 0.765. The van der Waals surface area contributed by atoms with Gasteiger partial charge in [-0.05, 0) is 32.7 Å². The zero-order valence-electron chi connectivity index (χ0n) is 11.1. The summed E-state index contributed by atoms with van der Waals surface area (Å²) in [4.78, 5) is 14.8. The molecule has 4 nitrogen and oxygen atoms in total. The molecule has 0 radical (unpaired) electrons. The van der Waals surface area contributed by atoms with Crippen LogP contribution in [-0.2, 0) is 14.3 Å². The molecular weight excluding hydrogens is 230 g/mol. The lowest BCUT2D eigenvalue weighted by Crippen LogP contribution is -2.51. The summed E-state index contributed by atoms with van der Waals surface area (Å²) in [7, 11) is 2.22. The monoisotopic (exact) mass is 253 g/mol. The van der Waals surface area contributed by atoms with Crippen LogP contribution in [0.2, 0.25) is 0 Å². The fraction of sp³-hybridized carbons (Fsp3) is 0.929. The largest absolute Gasteiger partial charge is 0.350 e. The summed E-state index contributed by atoms with van der Waals surface area (Å²) in [6.45, 7) is 1.27. The number of hydrogen-bond acceptors (Lipinski definition) is 4. The summed E-state index contributed by atoms with van der Waals surface area (Å²) in [5.41, 5.74) is 0. The van der Waals surface area contributed by atoms with E-state index in [4.69, 9.17) is 9.47 Å². The summed E-state index contributed by atoms with van der Waals surface area (Å²) in [6.07, 6.45) is 6.11. The Balaban J connectivity index is 1.57. The van der Waals surface area contributed by atoms with Crippen molar-refractivity contribution < 1.29 is 14.3 Å². The lowest BCUT2D eigenvalue weighted by atomic mass is 9.76. The van der Waals surface area contributed by atoms with E-state index in [1.54, 1.807) is 0 Å². The SMILES string of the molecule is CN1C2CCCC1CC(C(=O)CC1OCCO1)C2. The lowest BCUT2D eigenvalue weighted by molar-refractivity contribution is -0.134. The van der Waals surface area contributed by atoms with E-state index < -0.39 is 0 Å². The van der Waals surface area contributed by atoms with Crippen LogP contribution in [0.25, 0.3) is 0 Å². The Hall–Kier alpha value is -0.450. The van der Waals surface area contributed by atoms with Crippen molar-refractivity contribution in [2.24, 2.45) is 5.92 Å². The molecule has 0 saturated carbocycles. The highest BCUT2D eigenvalue weighted by Gasteiger charge is 2.39. The van der Waals surface area contributed by atoms with E-state index in [1.807, 2.05) is 0 Å². The maximum Gasteiger partial charge on any atom is 0.164 e. The third-order valence-electron chi connectivity index (χ3n) is 4.85. The second-order valence-corrected chi connectivity index (χ2v) is 5.91. The summed E-state index contributed by atoms with van der Waals surface area (Å²) in [5.74, 6) is 0.594. The van der Waals surface area contributed by atoms with Crippen LogP contribution in [0.15, 0.2) is 0 Å². The average molecular weight is 253 g/mol. The van der Waals surface area contributed by atoms with Crippen LogP contribution in [0.4, 0.5) is 0 Å². The lowest BCUT2D eigenvalue weighted by Gasteiger charge is -2.46. The Morgan fingerprint density at radius 3 is 2.39 bits per heavy atom. The molecule has 3 rings (SSSR count). The first-order valence-electron chi connectivity index (χ1n) is 7.22. The standard InChI is InChI=1S/C14H23NO3/c1-15-11-3-2-4-12(15)8-10(7-11)13(16)9-14-17-5-6-18-14/h10-12,14H,2-9H2,1H3. The summed E-state index contributed by atoms with van der Waals surface area (Å²) in [6, 6.07) is 1.24. The van der Waals surface area contributed by atoms with Gasteiger partial charge in [-0.1, -0.05) is 6.42 Å². The molecule has 102 valence electrons. The van der Waals surface area contributed by atoms with Gasteiger partial charge in [-0.2, -0.15) is 0 Å². The fourth-order valence-corrected chi connectivity index (χ4v) is 3.73. The van der Waals surface area contributed by atoms with Gasteiger partial charge in [0.15, 0.2) is 6.29 Å². The van der Waals surface area contributed by atoms with Crippen molar-refractivity contribution in [3.63, 3.8) is 0 Å². The minimum atomic E-state index is -0.267. The Bertz CT molecular complexity index is 300. The van der Waals surface area contributed by atoms with Crippen LogP contribution in [0, 0.1) is 5.92 Å². The van der Waals surface area contributed by atoms with Crippen molar-refractivity contribution >= 4 is 5.78 Å². The summed E-state index contributed by atoms with van der Waals surface area (Å²) in [5, 5.41) is 0. The molecule has 2 atom stereocenters. The number of piperidine rings is 2. The maximum atomic E-state index is 12.3. The van der Waals surface area contributed by atoms with Gasteiger partial charge in [0, 0.05) is 18.0 Å². The van der Waals surface area contributed by atoms with Crippen LogP contribution in [0.3, 0.4) is 0 Å². The van der Waals surface area contributed by atoms with Gasteiger partial charge in [-0.3, -0.25) is 4.79 Å². The van der Waals surface area contributed by atoms with Gasteiger partial charge in [0.1, 0.15) is 5.78 Å². The highest BCUT2D eigenvalue weighted by Crippen LogP contribution is 2.36. The molecule has 0 N–H and O–H groups in total. The first kappa shape index (κ1) is 12.6. The van der Waals surface area contributed by atoms with Gasteiger partial charge in [-0.15, -0.1) is 0 Å². The van der Waals surface area contributed by atoms with Crippen molar-refractivity contribution in [1.29, 1.82) is 0 Å². The van der Waals surface area contributed by atoms with E-state index in [0.29, 0.717) is 37.5 Å². The molecule has 0 spiro atoms. The molecule has 2 bridgehead atoms. The predicted octanol–water partition coefficient (Wildman–Crippen LogP) is 1.58. The molecular formula is C14H23NO3. The molecule has 18 heavy (non-hydrogen) atoms. The maximum absolute atomic E-state index is 12.3. The Morgan fingerprint density at radius 2 is 1.78 bits per heavy atom. The second-order valence-electron chi connectivity index (χ2n) is 5.91. The molecule has 4 heteroatoms. The number of hydrogen-bond donors (Lipinski definition) is 0. The molecule has 0 aliphatic carbocycles. The molecule has 3 saturated heterocycles. The number of Topliss-reactive ketones (excluding diaryl/α,β-unsaturated/α-hetero) is 1. The van der Waals surface area contributed by atoms with Crippen LogP contribution >= 0.6 is 0 Å². The number of ether oxygens (including phenoxy) is 2. The average Bonchev–Trinajstić information content (AvgIpc) is 2.81. The van der Waals surface area contributed by atoms with Crippen molar-refractivity contribution in [3.8, 4) is 0 Å². The molecule has 3 aliphatic rings. The van der Waals surface area contributed by atoms with E-state index in [9.17, 15) is 4.79 Å². The smallest absolute Gasteiger partial charge is 0.164 e. The predicted molar refractivity (Wildman–Crippen MR) is 67.2 cm³/mol. The molecule has 0 amide bonds. The van der Waals surface area contributed by atoms with Crippen molar-refractivity contribution in [2.45, 2.75) is 56.9 Å². The van der Waals surface area contributed by atoms with E-state index >= 15 is 0 Å². The molecule has 3 aliphatic heterocycles. The van der Waals surface area contributed by atoms with Crippen molar-refractivity contribution in [3.05, 3.63) is 0 Å². The van der Waals surface area contributed by atoms with E-state index in [2.05, 4.69) is 11.9 Å². The van der Waals surface area contributed by atoms with Crippen LogP contribution in [0.5, 0.6) is 0 Å². The fourth-order valence-electron chi connectivity index (χ4n) is 3.73. The summed E-state index contributed by atoms with van der Waals surface area (Å²) >= 11 is 0. The minimum absolute atomic E-state index is 0.240. The van der Waals surface area contributed by atoms with Gasteiger partial charge >= 0.3 is 0 Å². The second kappa shape index (κ2) is 5.27. The molecule has 0 aromatic heterocycles. The van der Waals surface area contributed by atoms with E-state index in [0.717, 1.165) is 12.8 Å². The zero-order chi connectivity index (χ0) is 12.5. The first-order valence-corrected chi connectivity index (χ1v) is 7.22. The number of rotatable bonds is 3. The molecule has 0 aromatic carbocycles. The van der Waals surface area contributed by atoms with Crippen LogP contribution < -0.4 is 0 Å². The van der Waals surface area contributed by atoms with Gasteiger partial charge in [-0.25, -0.2) is 0 Å². The van der Waals surface area contributed by atoms with Gasteiger partial charge in [0.05, 0.1) is 19.6 Å². The third kappa shape index (κ3) is 2.46. The van der Waals surface area contributed by atoms with Crippen LogP contribution in [-0.4, -0.2) is 49.3 Å². The number of carbonyl (C=O) groups excluding carboxylic acids is 1. The molecule has 2 unspecified atom stereocenters. The molecule has 3 fully saturated rings. The first-order chi connectivity index (χ1) is 8.74. The topological polar surface area (TPSA) is 38.8 Å². The molecule has 3 heterocycles. The Morgan fingerprint density at radius 1 is 1.17 bits per heavy atom. The van der Waals surface area contributed by atoms with Gasteiger partial charge in [0.2, 0.25) is 0 Å². The van der Waals surface area contributed by atoms with Crippen molar-refractivity contribution in [1.82, 2.24) is 4.90 Å². The summed E-state index contributed by atoms with van der Waals surface area (Å²) < 4.78 is 10.8. The third-order valence-corrected chi connectivity index (χ3v) is 4.85. The van der Waals surface area contributed by atoms with Crippen LogP contribution in [0.1, 0.15) is 38.5 Å². The number of fused-ring (bicyclic) bond motifs is 2. The molecule has 0 aromatic rings. The number of carbonyl (C=O) groups is 1. The highest BCUT2D eigenvalue weighted by molar-refractivity contribution is 5.81. The normalized spacial score (nSPS) is 37.9. The Labute approximate surface area is 109 Å². The number of ketones is 1. The number of nitrogens with zero attached hydrogens (tertiary/aromatic N) is 1. The highest BCUT2D eigenvalue weighted by atomic mass is 16.7. The zero-order valence-corrected chi connectivity index (χ0v) is 11.1. The van der Waals surface area contributed by atoms with Gasteiger partial charge < -0.3 is 14.4 Å². The minimum Gasteiger partial charge on any atom is -0.350 e. The Kier molecular flexibility index (Phi) is 3.68. The van der Waals surface area contributed by atoms with Crippen molar-refractivity contribution in [2.75, 3.05) is 20.3 Å². The van der Waals surface area contributed by atoms with Gasteiger partial charge in [0.25, 0.3) is 0 Å².